The second-order valence-corrected chi connectivity index (χ2v) is 2.74. The molecule has 0 spiro atoms. The molecule has 1 rings (SSSR count). The van der Waals surface area contributed by atoms with Gasteiger partial charge in [0.25, 0.3) is 5.92 Å². The van der Waals surface area contributed by atoms with E-state index in [2.05, 4.69) is 4.98 Å². The van der Waals surface area contributed by atoms with E-state index in [1.165, 1.54) is 18.3 Å². The molecule has 1 aromatic heterocycles. The van der Waals surface area contributed by atoms with Gasteiger partial charge in [-0.2, -0.15) is 8.78 Å². The third-order valence-electron chi connectivity index (χ3n) is 1.45. The maximum atomic E-state index is 13.0. The maximum absolute atomic E-state index is 13.0. The lowest BCUT2D eigenvalue weighted by atomic mass is 10.2. The third kappa shape index (κ3) is 2.14. The Labute approximate surface area is 74.4 Å². The third-order valence-corrected chi connectivity index (χ3v) is 1.64. The molecular weight excluding hydrogens is 184 g/mol. The van der Waals surface area contributed by atoms with Crippen LogP contribution in [-0.2, 0) is 5.92 Å². The van der Waals surface area contributed by atoms with E-state index in [0.29, 0.717) is 0 Å². The molecule has 0 radical (unpaired) electrons. The molecule has 0 aliphatic heterocycles. The van der Waals surface area contributed by atoms with Gasteiger partial charge in [-0.1, -0.05) is 6.07 Å². The predicted molar refractivity (Wildman–Crippen MR) is 43.5 cm³/mol. The first-order chi connectivity index (χ1) is 5.67. The van der Waals surface area contributed by atoms with Crippen molar-refractivity contribution in [2.45, 2.75) is 12.3 Å². The lowest BCUT2D eigenvalue weighted by Crippen LogP contribution is -2.15. The molecule has 12 heavy (non-hydrogen) atoms. The fourth-order valence-electron chi connectivity index (χ4n) is 0.826. The van der Waals surface area contributed by atoms with Crippen molar-refractivity contribution < 1.29 is 8.78 Å². The fraction of sp³-hybridized carbons (Fsp3) is 0.375. The average molecular weight is 192 g/mol. The summed E-state index contributed by atoms with van der Waals surface area (Å²) in [6, 6.07) is 4.43. The first-order valence-electron chi connectivity index (χ1n) is 3.52. The molecule has 0 aromatic carbocycles. The summed E-state index contributed by atoms with van der Waals surface area (Å²) in [7, 11) is 0. The van der Waals surface area contributed by atoms with Crippen molar-refractivity contribution >= 4 is 11.6 Å². The van der Waals surface area contributed by atoms with Gasteiger partial charge in [-0.15, -0.1) is 11.6 Å². The summed E-state index contributed by atoms with van der Waals surface area (Å²) in [6.07, 6.45) is 0.975. The molecule has 0 bridgehead atoms. The number of pyridine rings is 1. The van der Waals surface area contributed by atoms with Gasteiger partial charge in [-0.05, 0) is 12.1 Å². The zero-order chi connectivity index (χ0) is 9.03. The Hall–Kier alpha value is -0.700. The summed E-state index contributed by atoms with van der Waals surface area (Å²) in [5.74, 6) is -2.97. The molecule has 1 aromatic rings. The van der Waals surface area contributed by atoms with Crippen LogP contribution in [0.5, 0.6) is 0 Å². The van der Waals surface area contributed by atoms with E-state index in [4.69, 9.17) is 11.6 Å². The molecule has 0 saturated carbocycles. The summed E-state index contributed by atoms with van der Waals surface area (Å²) in [4.78, 5) is 3.56. The highest BCUT2D eigenvalue weighted by Crippen LogP contribution is 2.29. The van der Waals surface area contributed by atoms with E-state index >= 15 is 0 Å². The van der Waals surface area contributed by atoms with Crippen molar-refractivity contribution in [1.29, 1.82) is 0 Å². The van der Waals surface area contributed by atoms with Gasteiger partial charge >= 0.3 is 0 Å². The normalized spacial score (nSPS) is 11.6. The van der Waals surface area contributed by atoms with Crippen LogP contribution < -0.4 is 0 Å². The Balaban J connectivity index is 2.82. The summed E-state index contributed by atoms with van der Waals surface area (Å²) < 4.78 is 26.0. The number of halogens is 3. The molecule has 66 valence electrons. The highest BCUT2D eigenvalue weighted by Gasteiger charge is 2.31. The molecule has 0 aliphatic carbocycles. The zero-order valence-corrected chi connectivity index (χ0v) is 7.06. The van der Waals surface area contributed by atoms with Gasteiger partial charge in [-0.3, -0.25) is 4.98 Å². The van der Waals surface area contributed by atoms with E-state index in [0.717, 1.165) is 0 Å². The van der Waals surface area contributed by atoms with E-state index in [1.54, 1.807) is 6.07 Å². The summed E-state index contributed by atoms with van der Waals surface area (Å²) >= 11 is 5.23. The molecule has 1 heterocycles. The summed E-state index contributed by atoms with van der Waals surface area (Å²) in [5, 5.41) is 0. The number of hydrogen-bond acceptors (Lipinski definition) is 1. The van der Waals surface area contributed by atoms with Crippen molar-refractivity contribution in [3.63, 3.8) is 0 Å². The summed E-state index contributed by atoms with van der Waals surface area (Å²) in [5.41, 5.74) is -0.217. The molecule has 0 fully saturated rings. The lowest BCUT2D eigenvalue weighted by Gasteiger charge is -2.13. The first-order valence-corrected chi connectivity index (χ1v) is 4.05. The highest BCUT2D eigenvalue weighted by molar-refractivity contribution is 6.17. The Bertz CT molecular complexity index is 238. The van der Waals surface area contributed by atoms with Crippen LogP contribution in [0.25, 0.3) is 0 Å². The molecule has 0 N–H and O–H groups in total. The van der Waals surface area contributed by atoms with Crippen molar-refractivity contribution in [1.82, 2.24) is 4.98 Å². The van der Waals surface area contributed by atoms with Crippen molar-refractivity contribution in [2.75, 3.05) is 5.88 Å². The second-order valence-electron chi connectivity index (χ2n) is 2.36. The van der Waals surface area contributed by atoms with Crippen LogP contribution in [-0.4, -0.2) is 10.9 Å². The van der Waals surface area contributed by atoms with E-state index in [-0.39, 0.29) is 18.0 Å². The average Bonchev–Trinajstić information content (AvgIpc) is 2.06. The molecular formula is C8H8ClF2N. The molecule has 0 amide bonds. The second kappa shape index (κ2) is 3.81. The number of alkyl halides is 3. The van der Waals surface area contributed by atoms with Crippen LogP contribution in [0.4, 0.5) is 8.78 Å². The monoisotopic (exact) mass is 191 g/mol. The first kappa shape index (κ1) is 9.39. The van der Waals surface area contributed by atoms with E-state index in [9.17, 15) is 8.78 Å². The Morgan fingerprint density at radius 2 is 2.17 bits per heavy atom. The highest BCUT2D eigenvalue weighted by atomic mass is 35.5. The zero-order valence-electron chi connectivity index (χ0n) is 6.30. The Morgan fingerprint density at radius 1 is 1.42 bits per heavy atom. The molecule has 0 unspecified atom stereocenters. The largest absolute Gasteiger partial charge is 0.290 e. The molecule has 0 saturated heterocycles. The molecule has 4 heteroatoms. The smallest absolute Gasteiger partial charge is 0.255 e. The number of aromatic nitrogens is 1. The van der Waals surface area contributed by atoms with Crippen molar-refractivity contribution in [3.05, 3.63) is 30.1 Å². The van der Waals surface area contributed by atoms with Crippen LogP contribution in [0.3, 0.4) is 0 Å². The van der Waals surface area contributed by atoms with Crippen LogP contribution in [0.15, 0.2) is 24.4 Å². The van der Waals surface area contributed by atoms with Gasteiger partial charge in [0, 0.05) is 18.5 Å². The van der Waals surface area contributed by atoms with Gasteiger partial charge in [-0.25, -0.2) is 0 Å². The number of rotatable bonds is 3. The van der Waals surface area contributed by atoms with Gasteiger partial charge in [0.1, 0.15) is 5.69 Å². The minimum atomic E-state index is -2.90. The summed E-state index contributed by atoms with van der Waals surface area (Å²) in [6.45, 7) is 0. The predicted octanol–water partition coefficient (Wildman–Crippen LogP) is 2.80. The minimum Gasteiger partial charge on any atom is -0.255 e. The van der Waals surface area contributed by atoms with Gasteiger partial charge in [0.15, 0.2) is 0 Å². The topological polar surface area (TPSA) is 12.9 Å². The Kier molecular flexibility index (Phi) is 2.98. The van der Waals surface area contributed by atoms with Gasteiger partial charge in [0.2, 0.25) is 0 Å². The lowest BCUT2D eigenvalue weighted by molar-refractivity contribution is -0.0118. The van der Waals surface area contributed by atoms with Gasteiger partial charge < -0.3 is 0 Å². The molecule has 0 atom stereocenters. The minimum absolute atomic E-state index is 0.0659. The van der Waals surface area contributed by atoms with Crippen LogP contribution >= 0.6 is 11.6 Å². The quantitative estimate of drug-likeness (QED) is 0.670. The molecule has 0 aliphatic rings. The number of nitrogens with zero attached hydrogens (tertiary/aromatic N) is 1. The van der Waals surface area contributed by atoms with Crippen LogP contribution in [0, 0.1) is 0 Å². The van der Waals surface area contributed by atoms with Crippen LogP contribution in [0.2, 0.25) is 0 Å². The van der Waals surface area contributed by atoms with Crippen molar-refractivity contribution in [2.24, 2.45) is 0 Å². The van der Waals surface area contributed by atoms with E-state index in [1.807, 2.05) is 0 Å². The van der Waals surface area contributed by atoms with Crippen LogP contribution in [0.1, 0.15) is 12.1 Å². The molecule has 1 nitrogen and oxygen atoms in total. The number of hydrogen-bond donors (Lipinski definition) is 0. The standard InChI is InChI=1S/C8H8ClF2N/c9-5-4-8(10,11)7-3-1-2-6-12-7/h1-3,6H,4-5H2. The van der Waals surface area contributed by atoms with Gasteiger partial charge in [0.05, 0.1) is 0 Å². The van der Waals surface area contributed by atoms with E-state index < -0.39 is 5.92 Å². The Morgan fingerprint density at radius 3 is 2.67 bits per heavy atom. The van der Waals surface area contributed by atoms with Crippen molar-refractivity contribution in [3.8, 4) is 0 Å². The fourth-order valence-corrected chi connectivity index (χ4v) is 1.06. The maximum Gasteiger partial charge on any atom is 0.290 e. The SMILES string of the molecule is FC(F)(CCCl)c1ccccn1.